The summed E-state index contributed by atoms with van der Waals surface area (Å²) in [5.74, 6) is -0.396. The van der Waals surface area contributed by atoms with Gasteiger partial charge in [0, 0.05) is 24.7 Å². The number of pyridine rings is 1. The number of aryl methyl sites for hydroxylation is 1. The van der Waals surface area contributed by atoms with Crippen LogP contribution in [0.2, 0.25) is 0 Å². The van der Waals surface area contributed by atoms with Gasteiger partial charge in [-0.25, -0.2) is 0 Å². The van der Waals surface area contributed by atoms with Crippen LogP contribution in [0.1, 0.15) is 33.0 Å². The van der Waals surface area contributed by atoms with Crippen molar-refractivity contribution in [1.82, 2.24) is 9.55 Å². The van der Waals surface area contributed by atoms with E-state index < -0.39 is 17.6 Å². The first-order valence-electron chi connectivity index (χ1n) is 9.91. The summed E-state index contributed by atoms with van der Waals surface area (Å²) in [6.07, 6.45) is -2.86. The summed E-state index contributed by atoms with van der Waals surface area (Å²) in [5.41, 5.74) is 1.76. The number of hydrogen-bond donors (Lipinski definition) is 1. The molecule has 0 fully saturated rings. The van der Waals surface area contributed by atoms with Gasteiger partial charge in [-0.1, -0.05) is 6.07 Å². The summed E-state index contributed by atoms with van der Waals surface area (Å²) in [6, 6.07) is 10.3. The molecule has 0 spiro atoms. The van der Waals surface area contributed by atoms with Gasteiger partial charge < -0.3 is 19.4 Å². The first-order valence-corrected chi connectivity index (χ1v) is 9.91. The smallest absolute Gasteiger partial charge is 0.416 e. The Balaban J connectivity index is 1.88. The van der Waals surface area contributed by atoms with E-state index in [2.05, 4.69) is 10.3 Å². The molecule has 0 aliphatic heterocycles. The van der Waals surface area contributed by atoms with Crippen molar-refractivity contribution in [3.05, 3.63) is 76.9 Å². The van der Waals surface area contributed by atoms with E-state index in [1.54, 1.807) is 19.2 Å². The molecule has 9 heteroatoms. The molecule has 32 heavy (non-hydrogen) atoms. The Hall–Kier alpha value is -3.33. The molecule has 2 aromatic heterocycles. The van der Waals surface area contributed by atoms with Gasteiger partial charge in [-0.15, -0.1) is 0 Å². The molecule has 6 nitrogen and oxygen atoms in total. The van der Waals surface area contributed by atoms with E-state index in [-0.39, 0.29) is 24.7 Å². The third-order valence-electron chi connectivity index (χ3n) is 4.96. The lowest BCUT2D eigenvalue weighted by Gasteiger charge is -2.15. The lowest BCUT2D eigenvalue weighted by molar-refractivity contribution is -0.137. The number of anilines is 1. The predicted octanol–water partition coefficient (Wildman–Crippen LogP) is 4.84. The molecule has 3 aromatic rings. The minimum absolute atomic E-state index is 0.0598. The van der Waals surface area contributed by atoms with Crippen LogP contribution in [0.4, 0.5) is 18.9 Å². The Morgan fingerprint density at radius 2 is 1.91 bits per heavy atom. The topological polar surface area (TPSA) is 65.4 Å². The molecule has 0 bridgehead atoms. The molecule has 0 saturated carbocycles. The van der Waals surface area contributed by atoms with E-state index in [1.165, 1.54) is 13.2 Å². The highest BCUT2D eigenvalue weighted by Gasteiger charge is 2.31. The Morgan fingerprint density at radius 3 is 2.56 bits per heavy atom. The molecule has 170 valence electrons. The van der Waals surface area contributed by atoms with E-state index in [4.69, 9.17) is 9.47 Å². The highest BCUT2D eigenvalue weighted by Crippen LogP contribution is 2.35. The largest absolute Gasteiger partial charge is 0.489 e. The zero-order valence-electron chi connectivity index (χ0n) is 18.0. The molecule has 0 unspecified atom stereocenters. The summed E-state index contributed by atoms with van der Waals surface area (Å²) in [6.45, 7) is 4.50. The second-order valence-electron chi connectivity index (χ2n) is 7.20. The van der Waals surface area contributed by atoms with E-state index >= 15 is 0 Å². The number of benzene rings is 1. The molecule has 0 saturated heterocycles. The number of amides is 1. The Morgan fingerprint density at radius 1 is 1.12 bits per heavy atom. The number of alkyl halides is 3. The number of ether oxygens (including phenoxy) is 2. The zero-order chi connectivity index (χ0) is 23.3. The van der Waals surface area contributed by atoms with Crippen LogP contribution in [-0.2, 0) is 17.5 Å². The van der Waals surface area contributed by atoms with Crippen molar-refractivity contribution in [3.8, 4) is 5.75 Å². The average Bonchev–Trinajstić information content (AvgIpc) is 3.03. The van der Waals surface area contributed by atoms with Crippen LogP contribution < -0.4 is 10.1 Å². The third kappa shape index (κ3) is 5.47. The zero-order valence-corrected chi connectivity index (χ0v) is 18.0. The van der Waals surface area contributed by atoms with E-state index in [0.717, 1.165) is 23.5 Å². The summed E-state index contributed by atoms with van der Waals surface area (Å²) in [5, 5.41) is 2.58. The molecular formula is C23H24F3N3O3. The quantitative estimate of drug-likeness (QED) is 0.502. The fourth-order valence-electron chi connectivity index (χ4n) is 3.28. The van der Waals surface area contributed by atoms with Crippen LogP contribution in [0.25, 0.3) is 0 Å². The first kappa shape index (κ1) is 23.3. The summed E-state index contributed by atoms with van der Waals surface area (Å²) in [7, 11) is 1.49. The van der Waals surface area contributed by atoms with Crippen molar-refractivity contribution in [3.63, 3.8) is 0 Å². The summed E-state index contributed by atoms with van der Waals surface area (Å²) < 4.78 is 52.0. The summed E-state index contributed by atoms with van der Waals surface area (Å²) >= 11 is 0. The second-order valence-corrected chi connectivity index (χ2v) is 7.20. The van der Waals surface area contributed by atoms with Crippen LogP contribution in [0.15, 0.2) is 48.7 Å². The lowest BCUT2D eigenvalue weighted by atomic mass is 10.1. The number of nitrogens with zero attached hydrogens (tertiary/aromatic N) is 2. The highest BCUT2D eigenvalue weighted by molar-refractivity contribution is 6.06. The lowest BCUT2D eigenvalue weighted by Crippen LogP contribution is -2.16. The maximum absolute atomic E-state index is 13.2. The van der Waals surface area contributed by atoms with Crippen LogP contribution in [0.3, 0.4) is 0 Å². The minimum atomic E-state index is -4.55. The fourth-order valence-corrected chi connectivity index (χ4v) is 3.28. The van der Waals surface area contributed by atoms with E-state index in [1.807, 2.05) is 29.7 Å². The van der Waals surface area contributed by atoms with Crippen LogP contribution >= 0.6 is 0 Å². The molecule has 0 aliphatic carbocycles. The molecule has 1 amide bonds. The standard InChI is InChI=1S/C23H24F3N3O3/c1-15-12-19(16(2)29(15)14-18-6-4-5-9-27-18)22(30)28-20-13-17(23(24,25)26)7-8-21(20)32-11-10-31-3/h4-9,12-13H,10-11,14H2,1-3H3,(H,28,30). The normalized spacial score (nSPS) is 11.4. The number of methoxy groups -OCH3 is 1. The first-order chi connectivity index (χ1) is 15.2. The molecule has 0 atom stereocenters. The maximum atomic E-state index is 13.2. The molecule has 2 heterocycles. The minimum Gasteiger partial charge on any atom is -0.489 e. The van der Waals surface area contributed by atoms with Crippen molar-refractivity contribution >= 4 is 11.6 Å². The van der Waals surface area contributed by atoms with Crippen molar-refractivity contribution in [2.45, 2.75) is 26.6 Å². The number of nitrogens with one attached hydrogen (secondary N) is 1. The number of rotatable bonds is 8. The molecule has 0 radical (unpaired) electrons. The number of halogens is 3. The summed E-state index contributed by atoms with van der Waals surface area (Å²) in [4.78, 5) is 17.3. The maximum Gasteiger partial charge on any atom is 0.416 e. The number of hydrogen-bond acceptors (Lipinski definition) is 4. The number of aromatic nitrogens is 2. The molecule has 1 aromatic carbocycles. The second kappa shape index (κ2) is 9.86. The van der Waals surface area contributed by atoms with Crippen molar-refractivity contribution in [2.24, 2.45) is 0 Å². The van der Waals surface area contributed by atoms with Gasteiger partial charge in [0.1, 0.15) is 12.4 Å². The van der Waals surface area contributed by atoms with E-state index in [9.17, 15) is 18.0 Å². The van der Waals surface area contributed by atoms with Gasteiger partial charge in [-0.2, -0.15) is 13.2 Å². The Kier molecular flexibility index (Phi) is 7.19. The third-order valence-corrected chi connectivity index (χ3v) is 4.96. The van der Waals surface area contributed by atoms with Crippen LogP contribution in [0, 0.1) is 13.8 Å². The van der Waals surface area contributed by atoms with Crippen molar-refractivity contribution in [2.75, 3.05) is 25.6 Å². The van der Waals surface area contributed by atoms with Crippen molar-refractivity contribution < 1.29 is 27.4 Å². The van der Waals surface area contributed by atoms with Gasteiger partial charge in [0.25, 0.3) is 5.91 Å². The van der Waals surface area contributed by atoms with Crippen LogP contribution in [0.5, 0.6) is 5.75 Å². The van der Waals surface area contributed by atoms with Crippen LogP contribution in [-0.4, -0.2) is 35.8 Å². The molecule has 3 rings (SSSR count). The Labute approximate surface area is 184 Å². The number of carbonyl (C=O) groups is 1. The predicted molar refractivity (Wildman–Crippen MR) is 114 cm³/mol. The monoisotopic (exact) mass is 447 g/mol. The average molecular weight is 447 g/mol. The molecule has 0 aliphatic rings. The van der Waals surface area contributed by atoms with Gasteiger partial charge in [0.05, 0.1) is 35.7 Å². The molecular weight excluding hydrogens is 423 g/mol. The highest BCUT2D eigenvalue weighted by atomic mass is 19.4. The van der Waals surface area contributed by atoms with E-state index in [0.29, 0.717) is 17.8 Å². The SMILES string of the molecule is COCCOc1ccc(C(F)(F)F)cc1NC(=O)c1cc(C)n(Cc2ccccn2)c1C. The van der Waals surface area contributed by atoms with Gasteiger partial charge in [-0.05, 0) is 50.2 Å². The van der Waals surface area contributed by atoms with Gasteiger partial charge in [-0.3, -0.25) is 9.78 Å². The van der Waals surface area contributed by atoms with Gasteiger partial charge >= 0.3 is 6.18 Å². The molecule has 1 N–H and O–H groups in total. The number of carbonyl (C=O) groups excluding carboxylic acids is 1. The fraction of sp³-hybridized carbons (Fsp3) is 0.304. The Bertz CT molecular complexity index is 1080. The van der Waals surface area contributed by atoms with Gasteiger partial charge in [0.15, 0.2) is 0 Å². The van der Waals surface area contributed by atoms with Crippen molar-refractivity contribution in [1.29, 1.82) is 0 Å². The van der Waals surface area contributed by atoms with Gasteiger partial charge in [0.2, 0.25) is 0 Å².